The third-order valence-corrected chi connectivity index (χ3v) is 39.9. The highest BCUT2D eigenvalue weighted by molar-refractivity contribution is 8.69. The van der Waals surface area contributed by atoms with Gasteiger partial charge >= 0.3 is 0 Å². The maximum Gasteiger partial charge on any atom is 0.247 e. The highest BCUT2D eigenvalue weighted by atomic mass is 32.9. The van der Waals surface area contributed by atoms with Crippen molar-refractivity contribution in [2.45, 2.75) is 104 Å². The first-order valence-electron chi connectivity index (χ1n) is 24.0. The van der Waals surface area contributed by atoms with Gasteiger partial charge < -0.3 is 45.2 Å². The molecule has 0 saturated carbocycles. The Morgan fingerprint density at radius 2 is 0.329 bits per heavy atom. The fourth-order valence-electron chi connectivity index (χ4n) is 3.90. The van der Waals surface area contributed by atoms with Gasteiger partial charge in [-0.1, -0.05) is 91.5 Å². The van der Waals surface area contributed by atoms with Gasteiger partial charge in [-0.3, -0.25) is 0 Å². The lowest BCUT2D eigenvalue weighted by Crippen LogP contribution is -1.94. The Morgan fingerprint density at radius 3 is 0.414 bits per heavy atom. The molecule has 70 heavy (non-hydrogen) atoms. The van der Waals surface area contributed by atoms with E-state index in [1.165, 1.54) is 0 Å². The molecule has 0 bridgehead atoms. The number of thioether (sulfide) groups is 5. The van der Waals surface area contributed by atoms with Crippen molar-refractivity contribution in [1.29, 1.82) is 0 Å². The van der Waals surface area contributed by atoms with E-state index in [1.807, 2.05) is 128 Å². The summed E-state index contributed by atoms with van der Waals surface area (Å²) < 4.78 is 55.1. The SMILES string of the molecule is CCOP(=S)(OCC)SCCSCC.CCOP(=S)(OCC)SCCSCC.CCOP(=S)(OCC)SCCSCC.CCOP(=S)(OCC)SCCSCC.CCOP(=S)(OCC)SCCSCC. The molecule has 0 spiro atoms. The van der Waals surface area contributed by atoms with Crippen LogP contribution in [0.2, 0.25) is 0 Å². The summed E-state index contributed by atoms with van der Waals surface area (Å²) >= 11 is 44.8. The number of rotatable bonds is 45. The maximum absolute atomic E-state index is 5.51. The highest BCUT2D eigenvalue weighted by Crippen LogP contribution is 2.63. The molecule has 0 fully saturated rings. The van der Waals surface area contributed by atoms with Gasteiger partial charge in [-0.2, -0.15) is 58.8 Å². The standard InChI is InChI=1S/5C8H19O2PS3/c5*1-4-9-11(12,10-5-2)14-8-7-13-6-3/h5*4-8H2,1-3H3. The molecule has 0 saturated heterocycles. The minimum Gasteiger partial charge on any atom is -0.322 e. The minimum atomic E-state index is -2.02. The van der Waals surface area contributed by atoms with Gasteiger partial charge in [0.2, 0.25) is 28.5 Å². The largest absolute Gasteiger partial charge is 0.322 e. The first kappa shape index (κ1) is 85.2. The molecule has 0 heterocycles. The van der Waals surface area contributed by atoms with E-state index in [1.54, 1.807) is 56.9 Å². The smallest absolute Gasteiger partial charge is 0.247 e. The molecule has 0 aliphatic rings. The molecule has 430 valence electrons. The van der Waals surface area contributed by atoms with Crippen molar-refractivity contribution in [1.82, 2.24) is 0 Å². The summed E-state index contributed by atoms with van der Waals surface area (Å²) in [7, 11) is 0. The third-order valence-electron chi connectivity index (χ3n) is 6.28. The van der Waals surface area contributed by atoms with E-state index < -0.39 is 28.5 Å². The Kier molecular flexibility index (Phi) is 76.6. The average Bonchev–Trinajstić information content (AvgIpc) is 3.30. The lowest BCUT2D eigenvalue weighted by Gasteiger charge is -2.19. The predicted molar refractivity (Wildman–Crippen MR) is 365 cm³/mol. The van der Waals surface area contributed by atoms with Gasteiger partial charge in [0, 0.05) is 57.5 Å². The molecule has 30 heteroatoms. The van der Waals surface area contributed by atoms with E-state index in [4.69, 9.17) is 104 Å². The maximum atomic E-state index is 5.51. The molecule has 0 aliphatic heterocycles. The molecule has 0 aromatic carbocycles. The highest BCUT2D eigenvalue weighted by Gasteiger charge is 2.21. The van der Waals surface area contributed by atoms with E-state index in [2.05, 4.69) is 34.6 Å². The average molecular weight is 1370 g/mol. The normalized spacial score (nSPS) is 11.9. The second-order valence-electron chi connectivity index (χ2n) is 11.6. The summed E-state index contributed by atoms with van der Waals surface area (Å²) in [5.74, 6) is 16.5. The monoisotopic (exact) mass is 1370 g/mol. The van der Waals surface area contributed by atoms with Gasteiger partial charge in [-0.05, 0) is 157 Å². The second-order valence-corrected chi connectivity index (χ2v) is 50.7. The lowest BCUT2D eigenvalue weighted by molar-refractivity contribution is 0.280. The molecular formula is C40H95O10P5S15. The zero-order valence-corrected chi connectivity index (χ0v) is 61.8. The van der Waals surface area contributed by atoms with E-state index in [-0.39, 0.29) is 0 Å². The van der Waals surface area contributed by atoms with Crippen LogP contribution in [0.15, 0.2) is 0 Å². The molecule has 0 rings (SSSR count). The minimum absolute atomic E-state index is 0.644. The predicted octanol–water partition coefficient (Wildman–Crippen LogP) is 18.9. The van der Waals surface area contributed by atoms with E-state index >= 15 is 0 Å². The fourth-order valence-corrected chi connectivity index (χ4v) is 33.2. The van der Waals surface area contributed by atoms with Crippen LogP contribution in [-0.2, 0) is 104 Å². The zero-order valence-electron chi connectivity index (χ0n) is 45.1. The van der Waals surface area contributed by atoms with Crippen molar-refractivity contribution in [3.05, 3.63) is 0 Å². The van der Waals surface area contributed by atoms with Crippen LogP contribution in [0.3, 0.4) is 0 Å². The molecule has 10 nitrogen and oxygen atoms in total. The van der Waals surface area contributed by atoms with Gasteiger partial charge in [-0.25, -0.2) is 0 Å². The van der Waals surface area contributed by atoms with Gasteiger partial charge in [0.05, 0.1) is 66.1 Å². The van der Waals surface area contributed by atoms with Crippen LogP contribution < -0.4 is 0 Å². The van der Waals surface area contributed by atoms with Gasteiger partial charge in [0.1, 0.15) is 0 Å². The topological polar surface area (TPSA) is 92.3 Å². The zero-order chi connectivity index (χ0) is 54.3. The summed E-state index contributed by atoms with van der Waals surface area (Å²) in [6.45, 7) is 36.9. The number of hydrogen-bond acceptors (Lipinski definition) is 25. The summed E-state index contributed by atoms with van der Waals surface area (Å²) in [4.78, 5) is 0. The molecule has 0 radical (unpaired) electrons. The van der Waals surface area contributed by atoms with Gasteiger partial charge in [-0.15, -0.1) is 0 Å². The summed E-state index contributed by atoms with van der Waals surface area (Å²) in [6.07, 6.45) is 0. The Balaban J connectivity index is -0.000000251. The molecule has 0 amide bonds. The van der Waals surface area contributed by atoms with Crippen molar-refractivity contribution in [2.24, 2.45) is 0 Å². The van der Waals surface area contributed by atoms with E-state index in [0.717, 1.165) is 86.3 Å². The Morgan fingerprint density at radius 1 is 0.214 bits per heavy atom. The molecule has 0 atom stereocenters. The van der Waals surface area contributed by atoms with Gasteiger partial charge in [0.15, 0.2) is 0 Å². The van der Waals surface area contributed by atoms with Crippen LogP contribution in [0.4, 0.5) is 0 Å². The van der Waals surface area contributed by atoms with Crippen LogP contribution in [0, 0.1) is 0 Å². The molecular weight excluding hydrogens is 1280 g/mol. The van der Waals surface area contributed by atoms with Crippen LogP contribution >= 0.6 is 144 Å². The molecule has 0 aliphatic carbocycles. The van der Waals surface area contributed by atoms with Crippen molar-refractivity contribution in [3.8, 4) is 0 Å². The van der Waals surface area contributed by atoms with E-state index in [9.17, 15) is 0 Å². The van der Waals surface area contributed by atoms with Crippen LogP contribution in [-0.4, -0.2) is 152 Å². The Hall–Kier alpha value is 6.35. The molecule has 0 N–H and O–H groups in total. The lowest BCUT2D eigenvalue weighted by atomic mass is 10.9. The van der Waals surface area contributed by atoms with Crippen LogP contribution in [0.25, 0.3) is 0 Å². The first-order chi connectivity index (χ1) is 33.4. The molecule has 0 aromatic rings. The van der Waals surface area contributed by atoms with Gasteiger partial charge in [0.25, 0.3) is 0 Å². The van der Waals surface area contributed by atoms with Crippen molar-refractivity contribution in [3.63, 3.8) is 0 Å². The van der Waals surface area contributed by atoms with Crippen molar-refractivity contribution >= 4 is 203 Å². The molecule has 0 aromatic heterocycles. The van der Waals surface area contributed by atoms with E-state index in [0.29, 0.717) is 66.1 Å². The Bertz CT molecular complexity index is 1060. The summed E-state index contributed by atoms with van der Waals surface area (Å²) in [5, 5.41) is 0. The Labute approximate surface area is 499 Å². The fraction of sp³-hybridized carbons (Fsp3) is 1.00. The molecule has 0 unspecified atom stereocenters. The second kappa shape index (κ2) is 62.9. The van der Waals surface area contributed by atoms with Crippen LogP contribution in [0.1, 0.15) is 104 Å². The number of hydrogen-bond donors (Lipinski definition) is 0. The van der Waals surface area contributed by atoms with Crippen molar-refractivity contribution in [2.75, 3.05) is 152 Å². The quantitative estimate of drug-likeness (QED) is 0.0427. The van der Waals surface area contributed by atoms with Crippen LogP contribution in [0.5, 0.6) is 0 Å². The van der Waals surface area contributed by atoms with Crippen molar-refractivity contribution < 1.29 is 45.2 Å². The summed E-state index contributed by atoms with van der Waals surface area (Å²) in [5.41, 5.74) is -10.1. The third kappa shape index (κ3) is 60.4. The first-order valence-corrected chi connectivity index (χ1v) is 50.9. The summed E-state index contributed by atoms with van der Waals surface area (Å²) in [6, 6.07) is 0.